The van der Waals surface area contributed by atoms with Gasteiger partial charge >= 0.3 is 0 Å². The van der Waals surface area contributed by atoms with Gasteiger partial charge in [-0.15, -0.1) is 0 Å². The molecule has 2 heterocycles. The van der Waals surface area contributed by atoms with Gasteiger partial charge in [-0.2, -0.15) is 0 Å². The van der Waals surface area contributed by atoms with Gasteiger partial charge in [-0.25, -0.2) is 0 Å². The molecule has 2 aliphatic heterocycles. The minimum absolute atomic E-state index is 0.213. The molecule has 9 N–H and O–H groups in total. The fourth-order valence-corrected chi connectivity index (χ4v) is 9.15. The Morgan fingerprint density at radius 2 is 0.958 bits per heavy atom. The molecule has 12 unspecified atom stereocenters. The van der Waals surface area contributed by atoms with Gasteiger partial charge in [-0.05, 0) is 57.8 Å². The maximum Gasteiger partial charge on any atom is 0.220 e. The van der Waals surface area contributed by atoms with E-state index in [1.54, 1.807) is 0 Å². The molecule has 0 radical (unpaired) electrons. The normalized spacial score (nSPS) is 26.0. The topological polar surface area (TPSA) is 228 Å². The molecular formula is C58H103NO13. The van der Waals surface area contributed by atoms with Crippen molar-refractivity contribution in [2.75, 3.05) is 19.8 Å². The summed E-state index contributed by atoms with van der Waals surface area (Å²) >= 11 is 0. The SMILES string of the molecule is CC/C=C\C/C=C\C/C=C\C/C=C\C/C=C\CCCCCCCCCCCCCCCCCC(=O)NC(COC1OC(CO)C(OC2OC(CO)C(O)C(O)C2O)C(O)C1O)C(O)CCCCCCCCC. The van der Waals surface area contributed by atoms with Crippen LogP contribution in [-0.4, -0.2) is 140 Å². The first kappa shape index (κ1) is 65.8. The fourth-order valence-electron chi connectivity index (χ4n) is 9.15. The molecule has 2 fully saturated rings. The zero-order valence-corrected chi connectivity index (χ0v) is 44.7. The third kappa shape index (κ3) is 29.7. The number of ether oxygens (including phenoxy) is 4. The van der Waals surface area contributed by atoms with Crippen molar-refractivity contribution in [2.45, 2.75) is 280 Å². The molecule has 0 aliphatic carbocycles. The van der Waals surface area contributed by atoms with E-state index in [9.17, 15) is 45.6 Å². The number of amides is 1. The van der Waals surface area contributed by atoms with E-state index in [-0.39, 0.29) is 12.5 Å². The summed E-state index contributed by atoms with van der Waals surface area (Å²) in [4.78, 5) is 13.2. The molecule has 12 atom stereocenters. The third-order valence-corrected chi connectivity index (χ3v) is 13.7. The van der Waals surface area contributed by atoms with Gasteiger partial charge in [0.1, 0.15) is 48.8 Å². The van der Waals surface area contributed by atoms with Crippen LogP contribution < -0.4 is 5.32 Å². The second-order valence-corrected chi connectivity index (χ2v) is 20.0. The van der Waals surface area contributed by atoms with Crippen LogP contribution in [0.2, 0.25) is 0 Å². The molecule has 0 saturated carbocycles. The smallest absolute Gasteiger partial charge is 0.220 e. The number of carbonyl (C=O) groups is 1. The van der Waals surface area contributed by atoms with Gasteiger partial charge in [0.05, 0.1) is 32.0 Å². The second kappa shape index (κ2) is 43.9. The van der Waals surface area contributed by atoms with Crippen LogP contribution in [0.25, 0.3) is 0 Å². The van der Waals surface area contributed by atoms with Gasteiger partial charge < -0.3 is 65.1 Å². The molecule has 14 heteroatoms. The molecule has 0 aromatic rings. The van der Waals surface area contributed by atoms with Crippen LogP contribution in [0.4, 0.5) is 0 Å². The number of rotatable bonds is 44. The van der Waals surface area contributed by atoms with Gasteiger partial charge in [0, 0.05) is 6.42 Å². The molecule has 0 spiro atoms. The Labute approximate surface area is 435 Å². The Balaban J connectivity index is 1.60. The van der Waals surface area contributed by atoms with Crippen molar-refractivity contribution in [2.24, 2.45) is 0 Å². The van der Waals surface area contributed by atoms with Crippen LogP contribution in [0.5, 0.6) is 0 Å². The predicted octanol–water partition coefficient (Wildman–Crippen LogP) is 9.00. The summed E-state index contributed by atoms with van der Waals surface area (Å²) in [6, 6.07) is -0.827. The van der Waals surface area contributed by atoms with Gasteiger partial charge in [0.25, 0.3) is 0 Å². The van der Waals surface area contributed by atoms with Crippen molar-refractivity contribution in [1.82, 2.24) is 5.32 Å². The summed E-state index contributed by atoms with van der Waals surface area (Å²) in [5.41, 5.74) is 0. The summed E-state index contributed by atoms with van der Waals surface area (Å²) in [5, 5.41) is 86.7. The lowest BCUT2D eigenvalue weighted by molar-refractivity contribution is -0.359. The lowest BCUT2D eigenvalue weighted by Gasteiger charge is -2.46. The Bertz CT molecular complexity index is 1440. The summed E-state index contributed by atoms with van der Waals surface area (Å²) < 4.78 is 22.7. The molecule has 1 amide bonds. The summed E-state index contributed by atoms with van der Waals surface area (Å²) in [6.07, 6.45) is 38.4. The van der Waals surface area contributed by atoms with Crippen LogP contribution in [0, 0.1) is 0 Å². The molecule has 14 nitrogen and oxygen atoms in total. The maximum absolute atomic E-state index is 13.2. The molecule has 418 valence electrons. The van der Waals surface area contributed by atoms with Gasteiger partial charge in [0.2, 0.25) is 5.91 Å². The largest absolute Gasteiger partial charge is 0.394 e. The Morgan fingerprint density at radius 3 is 1.47 bits per heavy atom. The number of unbranched alkanes of at least 4 members (excludes halogenated alkanes) is 21. The number of hydrogen-bond acceptors (Lipinski definition) is 13. The van der Waals surface area contributed by atoms with Crippen LogP contribution in [-0.2, 0) is 23.7 Å². The second-order valence-electron chi connectivity index (χ2n) is 20.0. The highest BCUT2D eigenvalue weighted by atomic mass is 16.7. The Morgan fingerprint density at radius 1 is 0.514 bits per heavy atom. The number of carbonyl (C=O) groups excluding carboxylic acids is 1. The molecule has 0 bridgehead atoms. The van der Waals surface area contributed by atoms with Crippen LogP contribution >= 0.6 is 0 Å². The number of aliphatic hydroxyl groups excluding tert-OH is 8. The zero-order chi connectivity index (χ0) is 52.4. The van der Waals surface area contributed by atoms with E-state index in [1.807, 2.05) is 0 Å². The Hall–Kier alpha value is -2.31. The van der Waals surface area contributed by atoms with Crippen molar-refractivity contribution >= 4 is 5.91 Å². The summed E-state index contributed by atoms with van der Waals surface area (Å²) in [7, 11) is 0. The number of hydrogen-bond donors (Lipinski definition) is 9. The van der Waals surface area contributed by atoms with E-state index in [4.69, 9.17) is 18.9 Å². The van der Waals surface area contributed by atoms with E-state index in [1.165, 1.54) is 89.9 Å². The standard InChI is InChI=1S/C58H103NO13/c1-3-5-7-9-11-12-13-14-15-16-17-18-19-20-21-22-23-24-25-26-27-28-29-30-31-32-33-34-36-38-40-42-50(63)59-46(47(62)41-39-37-35-10-8-6-4-2)45-69-57-55(68)53(66)56(49(44-61)71-57)72-58-54(67)52(65)51(64)48(43-60)70-58/h5,7,11-12,14-15,17-18,20-21,46-49,51-58,60-62,64-68H,3-4,6,8-10,13,16,19,22-45H2,1-2H3,(H,59,63)/b7-5-,12-11-,15-14-,18-17-,21-20-. The van der Waals surface area contributed by atoms with E-state index in [2.05, 4.69) is 79.9 Å². The highest BCUT2D eigenvalue weighted by molar-refractivity contribution is 5.76. The molecule has 0 aromatic heterocycles. The maximum atomic E-state index is 13.2. The monoisotopic (exact) mass is 1020 g/mol. The average Bonchev–Trinajstić information content (AvgIpc) is 3.38. The lowest BCUT2D eigenvalue weighted by Crippen LogP contribution is -2.65. The van der Waals surface area contributed by atoms with E-state index >= 15 is 0 Å². The highest BCUT2D eigenvalue weighted by Crippen LogP contribution is 2.30. The molecule has 2 aliphatic rings. The van der Waals surface area contributed by atoms with Gasteiger partial charge in [0.15, 0.2) is 12.6 Å². The van der Waals surface area contributed by atoms with Gasteiger partial charge in [-0.3, -0.25) is 4.79 Å². The van der Waals surface area contributed by atoms with E-state index in [0.29, 0.717) is 12.8 Å². The molecule has 2 saturated heterocycles. The number of allylic oxidation sites excluding steroid dienone is 10. The summed E-state index contributed by atoms with van der Waals surface area (Å²) in [6.45, 7) is 2.68. The van der Waals surface area contributed by atoms with Crippen molar-refractivity contribution in [1.29, 1.82) is 0 Å². The first-order valence-corrected chi connectivity index (χ1v) is 28.5. The molecule has 72 heavy (non-hydrogen) atoms. The Kier molecular flexibility index (Phi) is 40.1. The summed E-state index contributed by atoms with van der Waals surface area (Å²) in [5.74, 6) is -0.213. The van der Waals surface area contributed by atoms with E-state index < -0.39 is 86.8 Å². The van der Waals surface area contributed by atoms with Crippen LogP contribution in [0.15, 0.2) is 60.8 Å². The van der Waals surface area contributed by atoms with Gasteiger partial charge in [-0.1, -0.05) is 203 Å². The fraction of sp³-hybridized carbons (Fsp3) is 0.810. The quantitative estimate of drug-likeness (QED) is 0.0205. The minimum atomic E-state index is -1.78. The van der Waals surface area contributed by atoms with Crippen LogP contribution in [0.3, 0.4) is 0 Å². The third-order valence-electron chi connectivity index (χ3n) is 13.7. The highest BCUT2D eigenvalue weighted by Gasteiger charge is 2.51. The number of nitrogens with one attached hydrogen (secondary N) is 1. The van der Waals surface area contributed by atoms with Crippen molar-refractivity contribution < 1.29 is 64.6 Å². The van der Waals surface area contributed by atoms with Crippen molar-refractivity contribution in [3.8, 4) is 0 Å². The average molecular weight is 1020 g/mol. The molecular weight excluding hydrogens is 919 g/mol. The van der Waals surface area contributed by atoms with Crippen molar-refractivity contribution in [3.05, 3.63) is 60.8 Å². The lowest BCUT2D eigenvalue weighted by atomic mass is 9.97. The molecule has 2 rings (SSSR count). The van der Waals surface area contributed by atoms with Crippen LogP contribution in [0.1, 0.15) is 206 Å². The van der Waals surface area contributed by atoms with E-state index in [0.717, 1.165) is 89.9 Å². The first-order valence-electron chi connectivity index (χ1n) is 28.5. The number of aliphatic hydroxyl groups is 8. The first-order chi connectivity index (χ1) is 35.1. The van der Waals surface area contributed by atoms with Crippen molar-refractivity contribution in [3.63, 3.8) is 0 Å². The minimum Gasteiger partial charge on any atom is -0.394 e. The molecule has 0 aromatic carbocycles. The predicted molar refractivity (Wildman–Crippen MR) is 286 cm³/mol. The zero-order valence-electron chi connectivity index (χ0n) is 44.7.